The first-order valence-corrected chi connectivity index (χ1v) is 10.8. The maximum Gasteiger partial charge on any atom is 0.303 e. The van der Waals surface area contributed by atoms with Gasteiger partial charge in [0.25, 0.3) is 0 Å². The standard InChI is InChI=1S/C16H32O2Si/c1-7-19(8-2,9-3)12-15-11-16(6,10-13(15)4)18-14(5)17/h13,15H,7-12H2,1-6H3/t13-,15+,16?/m1/s1. The van der Waals surface area contributed by atoms with Gasteiger partial charge in [-0.05, 0) is 31.6 Å². The molecule has 0 aromatic heterocycles. The van der Waals surface area contributed by atoms with Crippen LogP contribution in [0.4, 0.5) is 0 Å². The van der Waals surface area contributed by atoms with Gasteiger partial charge in [0.2, 0.25) is 0 Å². The van der Waals surface area contributed by atoms with Crippen LogP contribution in [0.2, 0.25) is 24.2 Å². The van der Waals surface area contributed by atoms with Gasteiger partial charge in [0.05, 0.1) is 8.07 Å². The van der Waals surface area contributed by atoms with Gasteiger partial charge in [-0.3, -0.25) is 4.79 Å². The first kappa shape index (κ1) is 16.7. The minimum Gasteiger partial charge on any atom is -0.460 e. The summed E-state index contributed by atoms with van der Waals surface area (Å²) in [5, 5.41) is 0. The number of carbonyl (C=O) groups is 1. The van der Waals surface area contributed by atoms with Gasteiger partial charge in [0.1, 0.15) is 5.60 Å². The van der Waals surface area contributed by atoms with E-state index in [1.807, 2.05) is 0 Å². The van der Waals surface area contributed by atoms with E-state index in [1.165, 1.54) is 31.1 Å². The first-order valence-electron chi connectivity index (χ1n) is 7.99. The van der Waals surface area contributed by atoms with Gasteiger partial charge < -0.3 is 4.74 Å². The fraction of sp³-hybridized carbons (Fsp3) is 0.938. The average Bonchev–Trinajstić information content (AvgIpc) is 2.60. The van der Waals surface area contributed by atoms with E-state index in [4.69, 9.17) is 4.74 Å². The van der Waals surface area contributed by atoms with E-state index in [9.17, 15) is 4.79 Å². The zero-order chi connectivity index (χ0) is 14.7. The van der Waals surface area contributed by atoms with Crippen LogP contribution in [0, 0.1) is 11.8 Å². The minimum atomic E-state index is -1.07. The molecule has 3 atom stereocenters. The van der Waals surface area contributed by atoms with Gasteiger partial charge in [-0.2, -0.15) is 0 Å². The molecule has 3 heteroatoms. The molecule has 0 aromatic carbocycles. The Kier molecular flexibility index (Phi) is 5.66. The predicted octanol–water partition coefficient (Wildman–Crippen LogP) is 4.86. The van der Waals surface area contributed by atoms with Crippen molar-refractivity contribution in [1.29, 1.82) is 0 Å². The van der Waals surface area contributed by atoms with E-state index >= 15 is 0 Å². The molecule has 0 aromatic rings. The van der Waals surface area contributed by atoms with Gasteiger partial charge in [-0.25, -0.2) is 0 Å². The van der Waals surface area contributed by atoms with Crippen molar-refractivity contribution in [1.82, 2.24) is 0 Å². The lowest BCUT2D eigenvalue weighted by molar-refractivity contribution is -0.155. The summed E-state index contributed by atoms with van der Waals surface area (Å²) in [7, 11) is -1.07. The summed E-state index contributed by atoms with van der Waals surface area (Å²) in [6.45, 7) is 13.1. The van der Waals surface area contributed by atoms with E-state index in [2.05, 4.69) is 34.6 Å². The lowest BCUT2D eigenvalue weighted by Crippen LogP contribution is -2.35. The highest BCUT2D eigenvalue weighted by molar-refractivity contribution is 6.79. The molecule has 19 heavy (non-hydrogen) atoms. The van der Waals surface area contributed by atoms with E-state index in [0.717, 1.165) is 18.8 Å². The largest absolute Gasteiger partial charge is 0.460 e. The third kappa shape index (κ3) is 4.07. The third-order valence-electron chi connectivity index (χ3n) is 5.59. The van der Waals surface area contributed by atoms with E-state index < -0.39 is 8.07 Å². The summed E-state index contributed by atoms with van der Waals surface area (Å²) < 4.78 is 5.59. The van der Waals surface area contributed by atoms with E-state index in [1.54, 1.807) is 0 Å². The molecule has 0 saturated heterocycles. The second-order valence-electron chi connectivity index (χ2n) is 6.95. The molecule has 1 aliphatic rings. The zero-order valence-corrected chi connectivity index (χ0v) is 14.7. The molecule has 0 heterocycles. The molecule has 1 fully saturated rings. The van der Waals surface area contributed by atoms with Crippen LogP contribution in [-0.4, -0.2) is 19.6 Å². The molecule has 0 radical (unpaired) electrons. The maximum absolute atomic E-state index is 11.3. The summed E-state index contributed by atoms with van der Waals surface area (Å²) in [6.07, 6.45) is 2.11. The zero-order valence-electron chi connectivity index (χ0n) is 13.7. The molecule has 1 rings (SSSR count). The highest BCUT2D eigenvalue weighted by atomic mass is 28.3. The van der Waals surface area contributed by atoms with Crippen molar-refractivity contribution >= 4 is 14.0 Å². The third-order valence-corrected chi connectivity index (χ3v) is 11.5. The summed E-state index contributed by atoms with van der Waals surface area (Å²) in [6, 6.07) is 5.61. The Morgan fingerprint density at radius 1 is 1.21 bits per heavy atom. The lowest BCUT2D eigenvalue weighted by atomic mass is 10.0. The molecule has 0 amide bonds. The molecular weight excluding hydrogens is 252 g/mol. The highest BCUT2D eigenvalue weighted by Gasteiger charge is 2.45. The molecule has 2 nitrogen and oxygen atoms in total. The van der Waals surface area contributed by atoms with E-state index in [0.29, 0.717) is 5.92 Å². The Morgan fingerprint density at radius 2 is 1.74 bits per heavy atom. The molecule has 1 saturated carbocycles. The van der Waals surface area contributed by atoms with Crippen molar-refractivity contribution in [3.63, 3.8) is 0 Å². The van der Waals surface area contributed by atoms with Gasteiger partial charge in [-0.1, -0.05) is 51.9 Å². The Hall–Kier alpha value is -0.313. The SMILES string of the molecule is CC[Si](CC)(CC)C[C@@H]1CC(C)(OC(C)=O)C[C@H]1C. The molecule has 0 bridgehead atoms. The molecule has 1 unspecified atom stereocenters. The number of hydrogen-bond donors (Lipinski definition) is 0. The molecular formula is C16H32O2Si. The van der Waals surface area contributed by atoms with Crippen LogP contribution in [0.15, 0.2) is 0 Å². The van der Waals surface area contributed by atoms with Crippen LogP contribution in [0.25, 0.3) is 0 Å². The van der Waals surface area contributed by atoms with Crippen LogP contribution < -0.4 is 0 Å². The maximum atomic E-state index is 11.3. The van der Waals surface area contributed by atoms with Crippen LogP contribution in [0.1, 0.15) is 54.4 Å². The van der Waals surface area contributed by atoms with Crippen molar-refractivity contribution in [3.8, 4) is 0 Å². The second kappa shape index (κ2) is 6.42. The Balaban J connectivity index is 2.73. The smallest absolute Gasteiger partial charge is 0.303 e. The summed E-state index contributed by atoms with van der Waals surface area (Å²) in [4.78, 5) is 11.3. The average molecular weight is 285 g/mol. The van der Waals surface area contributed by atoms with Crippen molar-refractivity contribution in [2.45, 2.75) is 84.2 Å². The lowest BCUT2D eigenvalue weighted by Gasteiger charge is -2.33. The quantitative estimate of drug-likeness (QED) is 0.514. The van der Waals surface area contributed by atoms with Crippen LogP contribution in [0.3, 0.4) is 0 Å². The van der Waals surface area contributed by atoms with Gasteiger partial charge in [-0.15, -0.1) is 0 Å². The fourth-order valence-corrected chi connectivity index (χ4v) is 8.15. The normalized spacial score (nSPS) is 31.5. The monoisotopic (exact) mass is 284 g/mol. The molecule has 112 valence electrons. The van der Waals surface area contributed by atoms with Crippen LogP contribution >= 0.6 is 0 Å². The van der Waals surface area contributed by atoms with Gasteiger partial charge in [0.15, 0.2) is 0 Å². The fourth-order valence-electron chi connectivity index (χ4n) is 4.13. The molecule has 0 spiro atoms. The van der Waals surface area contributed by atoms with Gasteiger partial charge in [0, 0.05) is 6.92 Å². The van der Waals surface area contributed by atoms with E-state index in [-0.39, 0.29) is 11.6 Å². The topological polar surface area (TPSA) is 26.3 Å². The van der Waals surface area contributed by atoms with Crippen molar-refractivity contribution in [2.24, 2.45) is 11.8 Å². The van der Waals surface area contributed by atoms with Crippen LogP contribution in [-0.2, 0) is 9.53 Å². The predicted molar refractivity (Wildman–Crippen MR) is 84.1 cm³/mol. The molecule has 0 N–H and O–H groups in total. The van der Waals surface area contributed by atoms with Crippen molar-refractivity contribution < 1.29 is 9.53 Å². The highest BCUT2D eigenvalue weighted by Crippen LogP contribution is 2.46. The first-order chi connectivity index (χ1) is 8.79. The summed E-state index contributed by atoms with van der Waals surface area (Å²) in [5.74, 6) is 1.33. The Labute approximate surface area is 120 Å². The number of rotatable bonds is 6. The number of esters is 1. The van der Waals surface area contributed by atoms with Crippen molar-refractivity contribution in [2.75, 3.05) is 0 Å². The summed E-state index contributed by atoms with van der Waals surface area (Å²) >= 11 is 0. The molecule has 1 aliphatic carbocycles. The number of carbonyl (C=O) groups excluding carboxylic acids is 1. The minimum absolute atomic E-state index is 0.125. The Bertz CT molecular complexity index is 304. The Morgan fingerprint density at radius 3 is 2.16 bits per heavy atom. The second-order valence-corrected chi connectivity index (χ2v) is 12.5. The number of ether oxygens (including phenoxy) is 1. The molecule has 0 aliphatic heterocycles. The summed E-state index contributed by atoms with van der Waals surface area (Å²) in [5.41, 5.74) is -0.203. The number of hydrogen-bond acceptors (Lipinski definition) is 2. The van der Waals surface area contributed by atoms with Crippen molar-refractivity contribution in [3.05, 3.63) is 0 Å². The van der Waals surface area contributed by atoms with Gasteiger partial charge >= 0.3 is 5.97 Å². The van der Waals surface area contributed by atoms with Crippen LogP contribution in [0.5, 0.6) is 0 Å².